The summed E-state index contributed by atoms with van der Waals surface area (Å²) in [6.45, 7) is 4.45. The molecular formula is C13H19ClN2. The maximum atomic E-state index is 5.99. The Morgan fingerprint density at radius 3 is 2.81 bits per heavy atom. The molecular weight excluding hydrogens is 220 g/mol. The highest BCUT2D eigenvalue weighted by Gasteiger charge is 2.15. The van der Waals surface area contributed by atoms with Crippen LogP contribution in [0.1, 0.15) is 31.4 Å². The van der Waals surface area contributed by atoms with Gasteiger partial charge in [-0.15, -0.1) is 0 Å². The SMILES string of the molecule is CC(NC1CCNCC1)c1cccc(Cl)c1. The summed E-state index contributed by atoms with van der Waals surface area (Å²) in [6, 6.07) is 9.11. The van der Waals surface area contributed by atoms with Gasteiger partial charge in [-0.1, -0.05) is 23.7 Å². The predicted molar refractivity (Wildman–Crippen MR) is 68.9 cm³/mol. The second-order valence-electron chi connectivity index (χ2n) is 4.47. The van der Waals surface area contributed by atoms with Gasteiger partial charge in [0, 0.05) is 17.1 Å². The van der Waals surface area contributed by atoms with Crippen molar-refractivity contribution in [2.24, 2.45) is 0 Å². The molecule has 1 aliphatic heterocycles. The van der Waals surface area contributed by atoms with Crippen molar-refractivity contribution in [1.82, 2.24) is 10.6 Å². The molecule has 0 aromatic heterocycles. The number of halogens is 1. The molecule has 0 aliphatic carbocycles. The van der Waals surface area contributed by atoms with Crippen molar-refractivity contribution in [3.8, 4) is 0 Å². The lowest BCUT2D eigenvalue weighted by Crippen LogP contribution is -2.40. The van der Waals surface area contributed by atoms with Crippen LogP contribution in [0.2, 0.25) is 5.02 Å². The van der Waals surface area contributed by atoms with Crippen molar-refractivity contribution < 1.29 is 0 Å². The van der Waals surface area contributed by atoms with Gasteiger partial charge >= 0.3 is 0 Å². The van der Waals surface area contributed by atoms with E-state index in [2.05, 4.69) is 23.6 Å². The molecule has 0 radical (unpaired) electrons. The Kier molecular flexibility index (Phi) is 4.22. The van der Waals surface area contributed by atoms with E-state index in [1.807, 2.05) is 18.2 Å². The molecule has 1 heterocycles. The minimum atomic E-state index is 0.377. The van der Waals surface area contributed by atoms with Crippen LogP contribution in [0.25, 0.3) is 0 Å². The zero-order chi connectivity index (χ0) is 11.4. The minimum Gasteiger partial charge on any atom is -0.317 e. The van der Waals surface area contributed by atoms with Crippen LogP contribution in [0, 0.1) is 0 Å². The first kappa shape index (κ1) is 11.9. The number of nitrogens with one attached hydrogen (secondary N) is 2. The Bertz CT molecular complexity index is 334. The van der Waals surface area contributed by atoms with Gasteiger partial charge in [0.15, 0.2) is 0 Å². The van der Waals surface area contributed by atoms with E-state index in [9.17, 15) is 0 Å². The smallest absolute Gasteiger partial charge is 0.0409 e. The summed E-state index contributed by atoms with van der Waals surface area (Å²) in [5.74, 6) is 0. The average molecular weight is 239 g/mol. The van der Waals surface area contributed by atoms with Crippen LogP contribution >= 0.6 is 11.6 Å². The summed E-state index contributed by atoms with van der Waals surface area (Å²) in [6.07, 6.45) is 2.43. The summed E-state index contributed by atoms with van der Waals surface area (Å²) in [5.41, 5.74) is 1.27. The molecule has 1 saturated heterocycles. The average Bonchev–Trinajstić information content (AvgIpc) is 2.30. The van der Waals surface area contributed by atoms with E-state index in [0.29, 0.717) is 12.1 Å². The van der Waals surface area contributed by atoms with E-state index in [1.165, 1.54) is 18.4 Å². The second kappa shape index (κ2) is 5.67. The molecule has 0 spiro atoms. The number of hydrogen-bond acceptors (Lipinski definition) is 2. The van der Waals surface area contributed by atoms with Crippen LogP contribution in [-0.4, -0.2) is 19.1 Å². The van der Waals surface area contributed by atoms with Crippen molar-refractivity contribution in [3.63, 3.8) is 0 Å². The van der Waals surface area contributed by atoms with E-state index in [-0.39, 0.29) is 0 Å². The van der Waals surface area contributed by atoms with Crippen LogP contribution < -0.4 is 10.6 Å². The monoisotopic (exact) mass is 238 g/mol. The first-order valence-electron chi connectivity index (χ1n) is 5.98. The molecule has 0 bridgehead atoms. The van der Waals surface area contributed by atoms with Gasteiger partial charge in [-0.25, -0.2) is 0 Å². The van der Waals surface area contributed by atoms with Gasteiger partial charge in [-0.05, 0) is 50.6 Å². The third kappa shape index (κ3) is 3.21. The molecule has 3 heteroatoms. The molecule has 1 aromatic rings. The van der Waals surface area contributed by atoms with Crippen LogP contribution in [-0.2, 0) is 0 Å². The predicted octanol–water partition coefficient (Wildman–Crippen LogP) is 2.74. The van der Waals surface area contributed by atoms with Crippen molar-refractivity contribution in [2.75, 3.05) is 13.1 Å². The second-order valence-corrected chi connectivity index (χ2v) is 4.90. The maximum absolute atomic E-state index is 5.99. The number of piperidine rings is 1. The van der Waals surface area contributed by atoms with Crippen LogP contribution in [0.5, 0.6) is 0 Å². The van der Waals surface area contributed by atoms with E-state index in [0.717, 1.165) is 18.1 Å². The fourth-order valence-corrected chi connectivity index (χ4v) is 2.41. The number of benzene rings is 1. The lowest BCUT2D eigenvalue weighted by atomic mass is 10.0. The van der Waals surface area contributed by atoms with Crippen LogP contribution in [0.4, 0.5) is 0 Å². The number of rotatable bonds is 3. The zero-order valence-corrected chi connectivity index (χ0v) is 10.4. The van der Waals surface area contributed by atoms with Crippen molar-refractivity contribution in [2.45, 2.75) is 31.8 Å². The van der Waals surface area contributed by atoms with E-state index in [1.54, 1.807) is 0 Å². The molecule has 16 heavy (non-hydrogen) atoms. The van der Waals surface area contributed by atoms with E-state index in [4.69, 9.17) is 11.6 Å². The lowest BCUT2D eigenvalue weighted by molar-refractivity contribution is 0.359. The Hall–Kier alpha value is -0.570. The van der Waals surface area contributed by atoms with Crippen molar-refractivity contribution >= 4 is 11.6 Å². The molecule has 1 unspecified atom stereocenters. The maximum Gasteiger partial charge on any atom is 0.0409 e. The fourth-order valence-electron chi connectivity index (χ4n) is 2.21. The van der Waals surface area contributed by atoms with Gasteiger partial charge < -0.3 is 10.6 Å². The standard InChI is InChI=1S/C13H19ClN2/c1-10(11-3-2-4-12(14)9-11)16-13-5-7-15-8-6-13/h2-4,9-10,13,15-16H,5-8H2,1H3. The highest BCUT2D eigenvalue weighted by Crippen LogP contribution is 2.19. The Morgan fingerprint density at radius 2 is 2.12 bits per heavy atom. The van der Waals surface area contributed by atoms with Crippen LogP contribution in [0.15, 0.2) is 24.3 Å². The summed E-state index contributed by atoms with van der Waals surface area (Å²) in [4.78, 5) is 0. The largest absolute Gasteiger partial charge is 0.317 e. The van der Waals surface area contributed by atoms with Crippen LogP contribution in [0.3, 0.4) is 0 Å². The van der Waals surface area contributed by atoms with E-state index < -0.39 is 0 Å². The van der Waals surface area contributed by atoms with Gasteiger partial charge in [-0.2, -0.15) is 0 Å². The molecule has 0 saturated carbocycles. The van der Waals surface area contributed by atoms with Crippen molar-refractivity contribution in [3.05, 3.63) is 34.9 Å². The van der Waals surface area contributed by atoms with Gasteiger partial charge in [0.25, 0.3) is 0 Å². The molecule has 2 nitrogen and oxygen atoms in total. The summed E-state index contributed by atoms with van der Waals surface area (Å²) in [5, 5.41) is 7.86. The third-order valence-corrected chi connectivity index (χ3v) is 3.41. The summed E-state index contributed by atoms with van der Waals surface area (Å²) in [7, 11) is 0. The van der Waals surface area contributed by atoms with Crippen molar-refractivity contribution in [1.29, 1.82) is 0 Å². The van der Waals surface area contributed by atoms with Gasteiger partial charge in [0.05, 0.1) is 0 Å². The van der Waals surface area contributed by atoms with Gasteiger partial charge in [0.2, 0.25) is 0 Å². The third-order valence-electron chi connectivity index (χ3n) is 3.17. The molecule has 1 atom stereocenters. The zero-order valence-electron chi connectivity index (χ0n) is 9.67. The highest BCUT2D eigenvalue weighted by molar-refractivity contribution is 6.30. The molecule has 1 aliphatic rings. The Balaban J connectivity index is 1.94. The Labute approximate surface area is 102 Å². The molecule has 2 N–H and O–H groups in total. The van der Waals surface area contributed by atoms with E-state index >= 15 is 0 Å². The lowest BCUT2D eigenvalue weighted by Gasteiger charge is -2.27. The first-order chi connectivity index (χ1) is 7.75. The molecule has 1 fully saturated rings. The molecule has 2 rings (SSSR count). The summed E-state index contributed by atoms with van der Waals surface area (Å²) < 4.78 is 0. The number of hydrogen-bond donors (Lipinski definition) is 2. The topological polar surface area (TPSA) is 24.1 Å². The molecule has 88 valence electrons. The quantitative estimate of drug-likeness (QED) is 0.846. The normalized spacial score (nSPS) is 19.6. The Morgan fingerprint density at radius 1 is 1.38 bits per heavy atom. The minimum absolute atomic E-state index is 0.377. The highest BCUT2D eigenvalue weighted by atomic mass is 35.5. The molecule has 1 aromatic carbocycles. The van der Waals surface area contributed by atoms with Gasteiger partial charge in [-0.3, -0.25) is 0 Å². The summed E-state index contributed by atoms with van der Waals surface area (Å²) >= 11 is 5.99. The fraction of sp³-hybridized carbons (Fsp3) is 0.538. The molecule has 0 amide bonds. The first-order valence-corrected chi connectivity index (χ1v) is 6.36. The van der Waals surface area contributed by atoms with Gasteiger partial charge in [0.1, 0.15) is 0 Å².